The minimum absolute atomic E-state index is 0.296. The molecule has 0 radical (unpaired) electrons. The summed E-state index contributed by atoms with van der Waals surface area (Å²) in [6.45, 7) is 12.8. The van der Waals surface area contributed by atoms with E-state index in [0.29, 0.717) is 25.3 Å². The number of hydrogen-bond donors (Lipinski definition) is 0. The van der Waals surface area contributed by atoms with E-state index in [1.54, 1.807) is 11.0 Å². The van der Waals surface area contributed by atoms with Gasteiger partial charge < -0.3 is 9.64 Å². The van der Waals surface area contributed by atoms with Crippen LogP contribution in [0.2, 0.25) is 0 Å². The Kier molecular flexibility index (Phi) is 7.62. The maximum absolute atomic E-state index is 12.4. The van der Waals surface area contributed by atoms with E-state index in [9.17, 15) is 4.79 Å². The van der Waals surface area contributed by atoms with Crippen molar-refractivity contribution in [1.82, 2.24) is 14.9 Å². The van der Waals surface area contributed by atoms with Gasteiger partial charge >= 0.3 is 6.09 Å². The van der Waals surface area contributed by atoms with Gasteiger partial charge in [-0.25, -0.2) is 14.8 Å². The quantitative estimate of drug-likeness (QED) is 0.533. The van der Waals surface area contributed by atoms with Crippen molar-refractivity contribution in [3.63, 3.8) is 0 Å². The van der Waals surface area contributed by atoms with Gasteiger partial charge in [0.2, 0.25) is 0 Å². The van der Waals surface area contributed by atoms with Gasteiger partial charge in [-0.05, 0) is 46.1 Å². The zero-order valence-corrected chi connectivity index (χ0v) is 19.6. The number of rotatable bonds is 6. The molecule has 5 heteroatoms. The number of ether oxygens (including phenoxy) is 1. The lowest BCUT2D eigenvalue weighted by molar-refractivity contribution is 0.0222. The van der Waals surface area contributed by atoms with Gasteiger partial charge in [0.05, 0.1) is 12.2 Å². The minimum Gasteiger partial charge on any atom is -0.444 e. The molecule has 0 bridgehead atoms. The van der Waals surface area contributed by atoms with Crippen LogP contribution in [0, 0.1) is 0 Å². The molecule has 32 heavy (non-hydrogen) atoms. The molecular formula is C27H33N3O2. The Morgan fingerprint density at radius 3 is 2.66 bits per heavy atom. The summed E-state index contributed by atoms with van der Waals surface area (Å²) in [5, 5.41) is 0. The summed E-state index contributed by atoms with van der Waals surface area (Å²) < 4.78 is 5.49. The predicted molar refractivity (Wildman–Crippen MR) is 129 cm³/mol. The van der Waals surface area contributed by atoms with Crippen LogP contribution < -0.4 is 0 Å². The summed E-state index contributed by atoms with van der Waals surface area (Å²) in [6.07, 6.45) is 10.2. The van der Waals surface area contributed by atoms with E-state index < -0.39 is 5.60 Å². The van der Waals surface area contributed by atoms with Gasteiger partial charge in [-0.2, -0.15) is 0 Å². The number of aromatic nitrogens is 2. The summed E-state index contributed by atoms with van der Waals surface area (Å²) in [4.78, 5) is 23.4. The van der Waals surface area contributed by atoms with Gasteiger partial charge in [-0.15, -0.1) is 0 Å². The molecule has 3 rings (SSSR count). The van der Waals surface area contributed by atoms with Crippen LogP contribution in [-0.2, 0) is 24.1 Å². The molecule has 5 nitrogen and oxygen atoms in total. The van der Waals surface area contributed by atoms with Crippen LogP contribution in [-0.4, -0.2) is 33.1 Å². The molecule has 2 aromatic rings. The lowest BCUT2D eigenvalue weighted by Gasteiger charge is -2.30. The summed E-state index contributed by atoms with van der Waals surface area (Å²) in [5.74, 6) is 0.663. The minimum atomic E-state index is -0.506. The molecular weight excluding hydrogens is 398 g/mol. The van der Waals surface area contributed by atoms with Crippen LogP contribution in [0.4, 0.5) is 4.79 Å². The van der Waals surface area contributed by atoms with Gasteiger partial charge in [0, 0.05) is 30.3 Å². The number of carbonyl (C=O) groups excluding carboxylic acids is 1. The number of fused-ring (bicyclic) bond motifs is 1. The van der Waals surface area contributed by atoms with Gasteiger partial charge in [-0.3, -0.25) is 0 Å². The molecule has 0 atom stereocenters. The van der Waals surface area contributed by atoms with Crippen molar-refractivity contribution in [2.24, 2.45) is 0 Å². The molecule has 2 heterocycles. The second-order valence-electron chi connectivity index (χ2n) is 9.14. The molecule has 1 aliphatic heterocycles. The number of aryl methyl sites for hydroxylation is 1. The van der Waals surface area contributed by atoms with Gasteiger partial charge in [0.1, 0.15) is 5.60 Å². The fourth-order valence-corrected chi connectivity index (χ4v) is 3.47. The summed E-state index contributed by atoms with van der Waals surface area (Å²) in [5.41, 5.74) is 4.96. The molecule has 0 aliphatic carbocycles. The Hall–Kier alpha value is -3.21. The molecule has 0 saturated heterocycles. The van der Waals surface area contributed by atoms with Gasteiger partial charge in [-0.1, -0.05) is 60.7 Å². The van der Waals surface area contributed by atoms with Gasteiger partial charge in [0.25, 0.3) is 0 Å². The summed E-state index contributed by atoms with van der Waals surface area (Å²) in [7, 11) is 0. The first-order valence-electron chi connectivity index (χ1n) is 11.1. The zero-order chi connectivity index (χ0) is 23.1. The molecule has 0 fully saturated rings. The Balaban J connectivity index is 1.67. The monoisotopic (exact) mass is 431 g/mol. The molecule has 0 unspecified atom stereocenters. The van der Waals surface area contributed by atoms with Crippen molar-refractivity contribution in [1.29, 1.82) is 0 Å². The number of carbonyl (C=O) groups is 1. The van der Waals surface area contributed by atoms with E-state index >= 15 is 0 Å². The molecule has 1 aromatic carbocycles. The topological polar surface area (TPSA) is 55.3 Å². The Morgan fingerprint density at radius 1 is 1.22 bits per heavy atom. The molecule has 168 valence electrons. The first kappa shape index (κ1) is 23.5. The van der Waals surface area contributed by atoms with Crippen LogP contribution in [0.3, 0.4) is 0 Å². The third-order valence-corrected chi connectivity index (χ3v) is 5.26. The first-order chi connectivity index (χ1) is 15.2. The first-order valence-corrected chi connectivity index (χ1v) is 11.1. The normalized spacial score (nSPS) is 14.7. The molecule has 1 aliphatic rings. The van der Waals surface area contributed by atoms with Crippen molar-refractivity contribution in [3.05, 3.63) is 89.6 Å². The number of nitrogens with zero attached hydrogens (tertiary/aromatic N) is 3. The van der Waals surface area contributed by atoms with Crippen LogP contribution in [0.25, 0.3) is 5.57 Å². The summed E-state index contributed by atoms with van der Waals surface area (Å²) in [6, 6.07) is 10.5. The third kappa shape index (κ3) is 6.64. The van der Waals surface area contributed by atoms with Crippen molar-refractivity contribution < 1.29 is 9.53 Å². The predicted octanol–water partition coefficient (Wildman–Crippen LogP) is 5.92. The largest absolute Gasteiger partial charge is 0.444 e. The van der Waals surface area contributed by atoms with Crippen molar-refractivity contribution in [3.8, 4) is 0 Å². The van der Waals surface area contributed by atoms with Crippen molar-refractivity contribution in [2.75, 3.05) is 6.54 Å². The lowest BCUT2D eigenvalue weighted by atomic mass is 10.0. The van der Waals surface area contributed by atoms with E-state index in [4.69, 9.17) is 9.72 Å². The maximum Gasteiger partial charge on any atom is 0.410 e. The van der Waals surface area contributed by atoms with Crippen molar-refractivity contribution >= 4 is 11.7 Å². The molecule has 0 saturated carbocycles. The third-order valence-electron chi connectivity index (χ3n) is 5.26. The zero-order valence-electron chi connectivity index (χ0n) is 19.6. The second-order valence-corrected chi connectivity index (χ2v) is 9.14. The van der Waals surface area contributed by atoms with E-state index in [2.05, 4.69) is 48.8 Å². The SMILES string of the molecule is C=C/C(=C\C=C(/C)CCc1ccccc1)c1ncc2c(n1)CCN(C(=O)OC(C)(C)C)C2. The average Bonchev–Trinajstić information content (AvgIpc) is 2.77. The standard InChI is InChI=1S/C27H33N3O2/c1-6-22(15-13-20(2)12-14-21-10-8-7-9-11-21)25-28-18-23-19-30(17-16-24(23)29-25)26(31)32-27(3,4)5/h6-11,13,15,18H,1,12,14,16-17,19H2,2-5H3/b20-13+,22-15+. The Morgan fingerprint density at radius 2 is 1.97 bits per heavy atom. The van der Waals surface area contributed by atoms with E-state index in [1.807, 2.05) is 39.1 Å². The van der Waals surface area contributed by atoms with E-state index in [1.165, 1.54) is 11.1 Å². The highest BCUT2D eigenvalue weighted by Crippen LogP contribution is 2.22. The molecule has 0 spiro atoms. The lowest BCUT2D eigenvalue weighted by Crippen LogP contribution is -2.40. The highest BCUT2D eigenvalue weighted by atomic mass is 16.6. The number of allylic oxidation sites excluding steroid dienone is 5. The Bertz CT molecular complexity index is 1020. The molecule has 1 amide bonds. The van der Waals surface area contributed by atoms with E-state index in [-0.39, 0.29) is 6.09 Å². The summed E-state index contributed by atoms with van der Waals surface area (Å²) >= 11 is 0. The fraction of sp³-hybridized carbons (Fsp3) is 0.370. The molecule has 1 aromatic heterocycles. The Labute approximate surface area is 191 Å². The number of hydrogen-bond acceptors (Lipinski definition) is 4. The van der Waals surface area contributed by atoms with E-state index in [0.717, 1.165) is 29.7 Å². The number of benzene rings is 1. The maximum atomic E-state index is 12.4. The fourth-order valence-electron chi connectivity index (χ4n) is 3.47. The average molecular weight is 432 g/mol. The smallest absolute Gasteiger partial charge is 0.410 e. The molecule has 0 N–H and O–H groups in total. The van der Waals surface area contributed by atoms with Crippen molar-refractivity contribution in [2.45, 2.75) is 59.1 Å². The number of amides is 1. The van der Waals surface area contributed by atoms with Crippen LogP contribution >= 0.6 is 0 Å². The van der Waals surface area contributed by atoms with Gasteiger partial charge in [0.15, 0.2) is 5.82 Å². The highest BCUT2D eigenvalue weighted by Gasteiger charge is 2.26. The van der Waals surface area contributed by atoms with Crippen LogP contribution in [0.15, 0.2) is 66.9 Å². The second kappa shape index (κ2) is 10.4. The van der Waals surface area contributed by atoms with Crippen LogP contribution in [0.5, 0.6) is 0 Å². The van der Waals surface area contributed by atoms with Crippen LogP contribution in [0.1, 0.15) is 56.8 Å². The highest BCUT2D eigenvalue weighted by molar-refractivity contribution is 5.71.